The third kappa shape index (κ3) is 2.56. The fourth-order valence-corrected chi connectivity index (χ4v) is 3.79. The molecule has 0 aliphatic carbocycles. The maximum absolute atomic E-state index is 12.9. The number of anilines is 1. The number of carbonyl (C=O) groups excluding carboxylic acids is 1. The van der Waals surface area contributed by atoms with E-state index in [9.17, 15) is 26.4 Å². The highest BCUT2D eigenvalue weighted by Crippen LogP contribution is 2.51. The molecule has 1 spiro atoms. The molecule has 0 saturated carbocycles. The van der Waals surface area contributed by atoms with E-state index in [2.05, 4.69) is 0 Å². The van der Waals surface area contributed by atoms with Crippen molar-refractivity contribution in [2.24, 2.45) is 0 Å². The Hall–Kier alpha value is -2.69. The fraction of sp³-hybridized carbons (Fsp3) is 0.312. The Kier molecular flexibility index (Phi) is 4.18. The second kappa shape index (κ2) is 5.91. The van der Waals surface area contributed by atoms with Gasteiger partial charge in [0.05, 0.1) is 19.9 Å². The van der Waals surface area contributed by atoms with Gasteiger partial charge < -0.3 is 14.4 Å². The maximum atomic E-state index is 12.9. The second-order valence-corrected chi connectivity index (χ2v) is 7.70. The van der Waals surface area contributed by atoms with Gasteiger partial charge in [-0.1, -0.05) is 0 Å². The number of rotatable bonds is 3. The van der Waals surface area contributed by atoms with E-state index in [0.717, 1.165) is 12.2 Å². The lowest BCUT2D eigenvalue weighted by Crippen LogP contribution is -2.41. The van der Waals surface area contributed by atoms with Crippen molar-refractivity contribution in [3.05, 3.63) is 42.2 Å². The van der Waals surface area contributed by atoms with Crippen LogP contribution in [0.2, 0.25) is 0 Å². The molecule has 1 aromatic rings. The quantitative estimate of drug-likeness (QED) is 0.771. The molecule has 11 heteroatoms. The molecule has 0 aromatic heterocycles. The van der Waals surface area contributed by atoms with Gasteiger partial charge in [0.1, 0.15) is 16.9 Å². The van der Waals surface area contributed by atoms with Gasteiger partial charge in [-0.05, 0) is 12.2 Å². The standard InChI is InChI=1S/C16H15F3N2O5S/c1-20-11-8-10(25-2)9-12(26-3)13(11)15(14(20)22)4-6-21(7-5-15)27(23,24)16(17,18)19/h4-9H,1-3H3. The van der Waals surface area contributed by atoms with Crippen molar-refractivity contribution in [2.75, 3.05) is 26.2 Å². The van der Waals surface area contributed by atoms with Gasteiger partial charge in [-0.25, -0.2) is 4.31 Å². The van der Waals surface area contributed by atoms with Crippen molar-refractivity contribution in [1.29, 1.82) is 0 Å². The van der Waals surface area contributed by atoms with E-state index in [4.69, 9.17) is 9.47 Å². The Labute approximate surface area is 153 Å². The first kappa shape index (κ1) is 19.1. The average Bonchev–Trinajstić information content (AvgIpc) is 2.83. The van der Waals surface area contributed by atoms with E-state index in [1.807, 2.05) is 0 Å². The molecule has 2 aliphatic rings. The van der Waals surface area contributed by atoms with Crippen molar-refractivity contribution in [3.63, 3.8) is 0 Å². The third-order valence-electron chi connectivity index (χ3n) is 4.48. The van der Waals surface area contributed by atoms with E-state index < -0.39 is 26.9 Å². The summed E-state index contributed by atoms with van der Waals surface area (Å²) in [5, 5.41) is 0. The van der Waals surface area contributed by atoms with E-state index in [0.29, 0.717) is 29.4 Å². The SMILES string of the molecule is COc1cc(OC)c2c(c1)N(C)C(=O)C21C=CN(S(=O)(=O)C(F)(F)F)C=C1. The highest BCUT2D eigenvalue weighted by Gasteiger charge is 2.53. The van der Waals surface area contributed by atoms with Gasteiger partial charge in [-0.15, -0.1) is 0 Å². The summed E-state index contributed by atoms with van der Waals surface area (Å²) in [6.07, 6.45) is 3.65. The predicted octanol–water partition coefficient (Wildman–Crippen LogP) is 2.11. The van der Waals surface area contributed by atoms with Gasteiger partial charge in [-0.2, -0.15) is 21.6 Å². The van der Waals surface area contributed by atoms with Gasteiger partial charge in [0.2, 0.25) is 5.91 Å². The van der Waals surface area contributed by atoms with E-state index in [-0.39, 0.29) is 10.1 Å². The van der Waals surface area contributed by atoms with Crippen LogP contribution in [0.5, 0.6) is 11.5 Å². The van der Waals surface area contributed by atoms with Crippen molar-refractivity contribution in [3.8, 4) is 11.5 Å². The highest BCUT2D eigenvalue weighted by molar-refractivity contribution is 7.90. The van der Waals surface area contributed by atoms with Crippen molar-refractivity contribution in [2.45, 2.75) is 10.9 Å². The second-order valence-electron chi connectivity index (χ2n) is 5.87. The normalized spacial score (nSPS) is 18.2. The lowest BCUT2D eigenvalue weighted by atomic mass is 9.80. The Morgan fingerprint density at radius 2 is 1.67 bits per heavy atom. The van der Waals surface area contributed by atoms with E-state index in [1.54, 1.807) is 6.07 Å². The Balaban J connectivity index is 2.15. The molecule has 1 amide bonds. The van der Waals surface area contributed by atoms with Gasteiger partial charge in [0.15, 0.2) is 0 Å². The zero-order valence-corrected chi connectivity index (χ0v) is 15.3. The van der Waals surface area contributed by atoms with Crippen LogP contribution in [0.3, 0.4) is 0 Å². The molecule has 1 aromatic carbocycles. The minimum absolute atomic E-state index is 0.0273. The van der Waals surface area contributed by atoms with Crippen molar-refractivity contribution in [1.82, 2.24) is 4.31 Å². The number of hydrogen-bond acceptors (Lipinski definition) is 5. The smallest absolute Gasteiger partial charge is 0.497 e. The summed E-state index contributed by atoms with van der Waals surface area (Å²) in [7, 11) is -1.29. The number of alkyl halides is 3. The number of likely N-dealkylation sites (N-methyl/N-ethyl adjacent to an activating group) is 1. The number of ether oxygens (including phenoxy) is 2. The molecule has 0 fully saturated rings. The molecule has 146 valence electrons. The van der Waals surface area contributed by atoms with Crippen molar-refractivity contribution < 1.29 is 35.9 Å². The Morgan fingerprint density at radius 1 is 1.07 bits per heavy atom. The van der Waals surface area contributed by atoms with Crippen LogP contribution in [-0.4, -0.2) is 45.4 Å². The molecular weight excluding hydrogens is 389 g/mol. The van der Waals surface area contributed by atoms with Crippen LogP contribution in [0.4, 0.5) is 18.9 Å². The molecule has 0 N–H and O–H groups in total. The van der Waals surface area contributed by atoms with E-state index in [1.165, 1.54) is 32.2 Å². The largest absolute Gasteiger partial charge is 0.517 e. The summed E-state index contributed by atoms with van der Waals surface area (Å²) in [5.41, 5.74) is -6.13. The highest BCUT2D eigenvalue weighted by atomic mass is 32.2. The number of sulfonamides is 1. The van der Waals surface area contributed by atoms with Crippen LogP contribution < -0.4 is 14.4 Å². The number of benzene rings is 1. The van der Waals surface area contributed by atoms with Crippen LogP contribution in [-0.2, 0) is 20.2 Å². The summed E-state index contributed by atoms with van der Waals surface area (Å²) in [6, 6.07) is 3.12. The van der Waals surface area contributed by atoms with Crippen molar-refractivity contribution >= 4 is 21.6 Å². The molecule has 0 bridgehead atoms. The number of methoxy groups -OCH3 is 2. The first-order valence-corrected chi connectivity index (χ1v) is 8.97. The zero-order valence-electron chi connectivity index (χ0n) is 14.4. The number of nitrogens with zero attached hydrogens (tertiary/aromatic N) is 2. The molecule has 0 unspecified atom stereocenters. The maximum Gasteiger partial charge on any atom is 0.517 e. The topological polar surface area (TPSA) is 76.2 Å². The van der Waals surface area contributed by atoms with Crippen LogP contribution in [0.15, 0.2) is 36.7 Å². The number of carbonyl (C=O) groups is 1. The molecule has 0 saturated heterocycles. The lowest BCUT2D eigenvalue weighted by Gasteiger charge is -2.28. The van der Waals surface area contributed by atoms with Gasteiger partial charge in [0.25, 0.3) is 0 Å². The molecule has 0 radical (unpaired) electrons. The van der Waals surface area contributed by atoms with Gasteiger partial charge in [0, 0.05) is 37.1 Å². The molecule has 2 heterocycles. The molecule has 7 nitrogen and oxygen atoms in total. The van der Waals surface area contributed by atoms with Gasteiger partial charge >= 0.3 is 15.5 Å². The zero-order chi connectivity index (χ0) is 20.2. The number of amides is 1. The molecule has 0 atom stereocenters. The first-order chi connectivity index (χ1) is 12.5. The van der Waals surface area contributed by atoms with Crippen LogP contribution in [0, 0.1) is 0 Å². The molecule has 3 rings (SSSR count). The van der Waals surface area contributed by atoms with E-state index >= 15 is 0 Å². The van der Waals surface area contributed by atoms with Gasteiger partial charge in [-0.3, -0.25) is 4.79 Å². The van der Waals surface area contributed by atoms with Crippen LogP contribution in [0.25, 0.3) is 0 Å². The first-order valence-electron chi connectivity index (χ1n) is 7.53. The third-order valence-corrected chi connectivity index (χ3v) is 5.87. The number of fused-ring (bicyclic) bond motifs is 2. The monoisotopic (exact) mass is 404 g/mol. The summed E-state index contributed by atoms with van der Waals surface area (Å²) in [4.78, 5) is 14.2. The Bertz CT molecular complexity index is 955. The van der Waals surface area contributed by atoms with Crippen LogP contribution >= 0.6 is 0 Å². The number of halogens is 3. The minimum atomic E-state index is -5.60. The summed E-state index contributed by atoms with van der Waals surface area (Å²) in [6.45, 7) is 0. The molecular formula is C16H15F3N2O5S. The predicted molar refractivity (Wildman–Crippen MR) is 89.7 cm³/mol. The number of hydrogen-bond donors (Lipinski definition) is 0. The summed E-state index contributed by atoms with van der Waals surface area (Å²) < 4.78 is 72.0. The summed E-state index contributed by atoms with van der Waals surface area (Å²) in [5.74, 6) is 0.233. The van der Waals surface area contributed by atoms with Crippen LogP contribution in [0.1, 0.15) is 5.56 Å². The minimum Gasteiger partial charge on any atom is -0.497 e. The molecule has 27 heavy (non-hydrogen) atoms. The fourth-order valence-electron chi connectivity index (χ4n) is 3.11. The Morgan fingerprint density at radius 3 is 2.15 bits per heavy atom. The average molecular weight is 404 g/mol. The summed E-state index contributed by atoms with van der Waals surface area (Å²) >= 11 is 0. The molecule has 2 aliphatic heterocycles. The lowest BCUT2D eigenvalue weighted by molar-refractivity contribution is -0.120.